The number of fused-ring (bicyclic) bond motifs is 1. The van der Waals surface area contributed by atoms with Crippen LogP contribution in [0.2, 0.25) is 0 Å². The highest BCUT2D eigenvalue weighted by Gasteiger charge is 2.09. The lowest BCUT2D eigenvalue weighted by Crippen LogP contribution is -2.11. The van der Waals surface area contributed by atoms with Gasteiger partial charge in [-0.05, 0) is 18.2 Å². The number of nitrogen functional groups attached to an aromatic ring is 1. The number of aromatic nitrogens is 1. The Kier molecular flexibility index (Phi) is 2.52. The number of halogens is 1. The zero-order valence-corrected chi connectivity index (χ0v) is 10.2. The molecule has 0 unspecified atom stereocenters. The first-order valence-electron chi connectivity index (χ1n) is 4.61. The molecule has 78 valence electrons. The first-order chi connectivity index (χ1) is 7.11. The third-order valence-corrected chi connectivity index (χ3v) is 3.00. The number of hydrogen-bond donors (Lipinski definition) is 1. The Morgan fingerprint density at radius 3 is 2.67 bits per heavy atom. The van der Waals surface area contributed by atoms with E-state index in [9.17, 15) is 0 Å². The molecule has 0 atom stereocenters. The number of anilines is 2. The fourth-order valence-electron chi connectivity index (χ4n) is 1.61. The van der Waals surface area contributed by atoms with Crippen LogP contribution in [0.5, 0.6) is 0 Å². The molecule has 1 aromatic carbocycles. The van der Waals surface area contributed by atoms with Crippen molar-refractivity contribution >= 4 is 38.2 Å². The summed E-state index contributed by atoms with van der Waals surface area (Å²) in [6, 6.07) is 5.81. The molecule has 0 aliphatic rings. The van der Waals surface area contributed by atoms with E-state index >= 15 is 0 Å². The quantitative estimate of drug-likeness (QED) is 0.807. The van der Waals surface area contributed by atoms with Crippen LogP contribution in [0.3, 0.4) is 0 Å². The first kappa shape index (κ1) is 10.2. The summed E-state index contributed by atoms with van der Waals surface area (Å²) in [6.45, 7) is 0. The minimum absolute atomic E-state index is 0.755. The number of rotatable bonds is 1. The fourth-order valence-corrected chi connectivity index (χ4v) is 2.07. The Balaban J connectivity index is 2.90. The van der Waals surface area contributed by atoms with Crippen molar-refractivity contribution in [2.45, 2.75) is 0 Å². The highest BCUT2D eigenvalue weighted by Crippen LogP contribution is 2.33. The molecule has 0 radical (unpaired) electrons. The van der Waals surface area contributed by atoms with Gasteiger partial charge in [0.1, 0.15) is 5.82 Å². The van der Waals surface area contributed by atoms with E-state index < -0.39 is 0 Å². The SMILES string of the molecule is CN(C)c1nccc2c(Br)ccc(N)c12. The fraction of sp³-hybridized carbons (Fsp3) is 0.182. The second-order valence-electron chi connectivity index (χ2n) is 3.59. The van der Waals surface area contributed by atoms with Crippen molar-refractivity contribution in [1.82, 2.24) is 4.98 Å². The summed E-state index contributed by atoms with van der Waals surface area (Å²) in [6.07, 6.45) is 1.79. The lowest BCUT2D eigenvalue weighted by Gasteiger charge is -2.15. The Labute approximate surface area is 97.0 Å². The summed E-state index contributed by atoms with van der Waals surface area (Å²) in [4.78, 5) is 6.30. The molecule has 1 heterocycles. The molecule has 3 nitrogen and oxygen atoms in total. The van der Waals surface area contributed by atoms with E-state index in [-0.39, 0.29) is 0 Å². The van der Waals surface area contributed by atoms with Gasteiger partial charge in [-0.1, -0.05) is 15.9 Å². The van der Waals surface area contributed by atoms with Gasteiger partial charge in [-0.3, -0.25) is 0 Å². The summed E-state index contributed by atoms with van der Waals surface area (Å²) < 4.78 is 1.04. The molecule has 2 N–H and O–H groups in total. The van der Waals surface area contributed by atoms with Gasteiger partial charge in [0.05, 0.1) is 0 Å². The molecule has 4 heteroatoms. The zero-order chi connectivity index (χ0) is 11.0. The lowest BCUT2D eigenvalue weighted by molar-refractivity contribution is 1.08. The average Bonchev–Trinajstić information content (AvgIpc) is 2.23. The van der Waals surface area contributed by atoms with E-state index in [2.05, 4.69) is 20.9 Å². The summed E-state index contributed by atoms with van der Waals surface area (Å²) in [5.41, 5.74) is 6.73. The monoisotopic (exact) mass is 265 g/mol. The topological polar surface area (TPSA) is 42.2 Å². The first-order valence-corrected chi connectivity index (χ1v) is 5.40. The van der Waals surface area contributed by atoms with Crippen molar-refractivity contribution in [2.24, 2.45) is 0 Å². The van der Waals surface area contributed by atoms with Crippen LogP contribution < -0.4 is 10.6 Å². The highest BCUT2D eigenvalue weighted by atomic mass is 79.9. The maximum atomic E-state index is 5.98. The van der Waals surface area contributed by atoms with Gasteiger partial charge in [0.15, 0.2) is 0 Å². The molecule has 15 heavy (non-hydrogen) atoms. The normalized spacial score (nSPS) is 10.6. The molecular weight excluding hydrogens is 254 g/mol. The van der Waals surface area contributed by atoms with Crippen molar-refractivity contribution in [3.05, 3.63) is 28.9 Å². The third kappa shape index (κ3) is 1.65. The molecule has 0 bridgehead atoms. The molecule has 0 fully saturated rings. The van der Waals surface area contributed by atoms with E-state index in [0.29, 0.717) is 0 Å². The minimum atomic E-state index is 0.755. The Hall–Kier alpha value is -1.29. The van der Waals surface area contributed by atoms with Gasteiger partial charge in [0, 0.05) is 41.2 Å². The van der Waals surface area contributed by atoms with Crippen LogP contribution in [-0.4, -0.2) is 19.1 Å². The van der Waals surface area contributed by atoms with Crippen LogP contribution in [0, 0.1) is 0 Å². The predicted molar refractivity (Wildman–Crippen MR) is 68.2 cm³/mol. The Morgan fingerprint density at radius 2 is 2.00 bits per heavy atom. The summed E-state index contributed by atoms with van der Waals surface area (Å²) in [7, 11) is 3.92. The highest BCUT2D eigenvalue weighted by molar-refractivity contribution is 9.10. The molecule has 0 saturated carbocycles. The third-order valence-electron chi connectivity index (χ3n) is 2.31. The van der Waals surface area contributed by atoms with Crippen LogP contribution in [0.1, 0.15) is 0 Å². The number of pyridine rings is 1. The largest absolute Gasteiger partial charge is 0.398 e. The van der Waals surface area contributed by atoms with E-state index in [0.717, 1.165) is 26.8 Å². The number of hydrogen-bond acceptors (Lipinski definition) is 3. The van der Waals surface area contributed by atoms with Crippen LogP contribution in [0.15, 0.2) is 28.9 Å². The molecule has 2 aromatic rings. The van der Waals surface area contributed by atoms with E-state index in [1.54, 1.807) is 6.20 Å². The standard InChI is InChI=1S/C11H12BrN3/c1-15(2)11-10-7(5-6-14-11)8(12)3-4-9(10)13/h3-6H,13H2,1-2H3. The van der Waals surface area contributed by atoms with Crippen molar-refractivity contribution in [1.29, 1.82) is 0 Å². The number of benzene rings is 1. The van der Waals surface area contributed by atoms with Crippen molar-refractivity contribution in [2.75, 3.05) is 24.7 Å². The van der Waals surface area contributed by atoms with Crippen LogP contribution >= 0.6 is 15.9 Å². The summed E-state index contributed by atoms with van der Waals surface area (Å²) >= 11 is 3.51. The zero-order valence-electron chi connectivity index (χ0n) is 8.66. The smallest absolute Gasteiger partial charge is 0.138 e. The average molecular weight is 266 g/mol. The molecule has 0 aliphatic heterocycles. The molecular formula is C11H12BrN3. The Morgan fingerprint density at radius 1 is 1.27 bits per heavy atom. The Bertz CT molecular complexity index is 508. The molecule has 0 aliphatic carbocycles. The van der Waals surface area contributed by atoms with Gasteiger partial charge in [-0.15, -0.1) is 0 Å². The van der Waals surface area contributed by atoms with Crippen molar-refractivity contribution < 1.29 is 0 Å². The maximum Gasteiger partial charge on any atom is 0.138 e. The number of nitrogens with zero attached hydrogens (tertiary/aromatic N) is 2. The van der Waals surface area contributed by atoms with Gasteiger partial charge in [-0.2, -0.15) is 0 Å². The van der Waals surface area contributed by atoms with Crippen LogP contribution in [-0.2, 0) is 0 Å². The van der Waals surface area contributed by atoms with Crippen LogP contribution in [0.25, 0.3) is 10.8 Å². The second-order valence-corrected chi connectivity index (χ2v) is 4.44. The van der Waals surface area contributed by atoms with Crippen molar-refractivity contribution in [3.63, 3.8) is 0 Å². The second kappa shape index (κ2) is 3.70. The lowest BCUT2D eigenvalue weighted by atomic mass is 10.1. The van der Waals surface area contributed by atoms with E-state index in [4.69, 9.17) is 5.73 Å². The van der Waals surface area contributed by atoms with Gasteiger partial charge >= 0.3 is 0 Å². The van der Waals surface area contributed by atoms with Gasteiger partial charge < -0.3 is 10.6 Å². The van der Waals surface area contributed by atoms with Gasteiger partial charge in [0.2, 0.25) is 0 Å². The van der Waals surface area contributed by atoms with Gasteiger partial charge in [0.25, 0.3) is 0 Å². The summed E-state index contributed by atoms with van der Waals surface area (Å²) in [5.74, 6) is 0.895. The number of nitrogens with two attached hydrogens (primary N) is 1. The summed E-state index contributed by atoms with van der Waals surface area (Å²) in [5, 5.41) is 2.09. The minimum Gasteiger partial charge on any atom is -0.398 e. The maximum absolute atomic E-state index is 5.98. The van der Waals surface area contributed by atoms with Gasteiger partial charge in [-0.25, -0.2) is 4.98 Å². The molecule has 2 rings (SSSR count). The van der Waals surface area contributed by atoms with E-state index in [1.165, 1.54) is 0 Å². The molecule has 0 saturated heterocycles. The van der Waals surface area contributed by atoms with Crippen molar-refractivity contribution in [3.8, 4) is 0 Å². The molecule has 1 aromatic heterocycles. The van der Waals surface area contributed by atoms with Crippen LogP contribution in [0.4, 0.5) is 11.5 Å². The predicted octanol–water partition coefficient (Wildman–Crippen LogP) is 2.65. The molecule has 0 amide bonds. The van der Waals surface area contributed by atoms with E-state index in [1.807, 2.05) is 37.2 Å². The molecule has 0 spiro atoms.